The maximum Gasteiger partial charge on any atom is 0.218 e. The summed E-state index contributed by atoms with van der Waals surface area (Å²) in [6, 6.07) is 1.71. The Morgan fingerprint density at radius 3 is 2.88 bits per heavy atom. The molecule has 0 spiro atoms. The highest BCUT2D eigenvalue weighted by molar-refractivity contribution is 5.38. The fourth-order valence-electron chi connectivity index (χ4n) is 1.23. The van der Waals surface area contributed by atoms with Gasteiger partial charge in [0.2, 0.25) is 5.88 Å². The van der Waals surface area contributed by atoms with Gasteiger partial charge in [0.25, 0.3) is 0 Å². The van der Waals surface area contributed by atoms with Crippen molar-refractivity contribution < 1.29 is 14.6 Å². The Labute approximate surface area is 101 Å². The number of nitrogens with one attached hydrogen (secondary N) is 1. The summed E-state index contributed by atoms with van der Waals surface area (Å²) < 4.78 is 10.3. The zero-order chi connectivity index (χ0) is 12.5. The second-order valence-corrected chi connectivity index (χ2v) is 3.44. The quantitative estimate of drug-likeness (QED) is 0.701. The Bertz CT molecular complexity index is 307. The van der Waals surface area contributed by atoms with E-state index in [4.69, 9.17) is 14.6 Å². The van der Waals surface area contributed by atoms with Crippen LogP contribution in [-0.2, 0) is 11.3 Å². The van der Waals surface area contributed by atoms with Crippen LogP contribution in [-0.4, -0.2) is 41.9 Å². The number of aliphatic hydroxyl groups excluding tert-OH is 1. The second-order valence-electron chi connectivity index (χ2n) is 3.44. The van der Waals surface area contributed by atoms with Crippen LogP contribution in [0.4, 0.5) is 5.82 Å². The number of ether oxygens (including phenoxy) is 2. The first-order valence-electron chi connectivity index (χ1n) is 5.64. The van der Waals surface area contributed by atoms with E-state index in [0.29, 0.717) is 24.1 Å². The maximum absolute atomic E-state index is 8.70. The van der Waals surface area contributed by atoms with E-state index in [1.54, 1.807) is 13.2 Å². The van der Waals surface area contributed by atoms with Gasteiger partial charge in [0.05, 0.1) is 6.61 Å². The SMILES string of the molecule is CCCNc1cc(OCCO)nc(COC)n1. The second kappa shape index (κ2) is 7.81. The molecule has 0 bridgehead atoms. The minimum Gasteiger partial charge on any atom is -0.475 e. The van der Waals surface area contributed by atoms with Crippen molar-refractivity contribution >= 4 is 5.82 Å². The minimum absolute atomic E-state index is 0.0403. The van der Waals surface area contributed by atoms with Crippen LogP contribution in [0, 0.1) is 0 Å². The summed E-state index contributed by atoms with van der Waals surface area (Å²) in [7, 11) is 1.59. The predicted molar refractivity (Wildman–Crippen MR) is 64.1 cm³/mol. The number of aromatic nitrogens is 2. The lowest BCUT2D eigenvalue weighted by atomic mass is 10.4. The van der Waals surface area contributed by atoms with Gasteiger partial charge in [-0.15, -0.1) is 0 Å². The van der Waals surface area contributed by atoms with Crippen molar-refractivity contribution in [1.82, 2.24) is 9.97 Å². The Hall–Kier alpha value is -1.40. The van der Waals surface area contributed by atoms with E-state index >= 15 is 0 Å². The number of hydrogen-bond donors (Lipinski definition) is 2. The third kappa shape index (κ3) is 4.97. The van der Waals surface area contributed by atoms with Crippen molar-refractivity contribution in [2.24, 2.45) is 0 Å². The van der Waals surface area contributed by atoms with Gasteiger partial charge in [0.1, 0.15) is 19.0 Å². The van der Waals surface area contributed by atoms with Crippen LogP contribution in [0.1, 0.15) is 19.2 Å². The lowest BCUT2D eigenvalue weighted by Gasteiger charge is -2.09. The van der Waals surface area contributed by atoms with E-state index in [0.717, 1.165) is 13.0 Å². The molecule has 6 nitrogen and oxygen atoms in total. The molecule has 0 aliphatic heterocycles. The average molecular weight is 241 g/mol. The van der Waals surface area contributed by atoms with E-state index in [9.17, 15) is 0 Å². The van der Waals surface area contributed by atoms with E-state index in [1.165, 1.54) is 0 Å². The maximum atomic E-state index is 8.70. The molecule has 0 aliphatic carbocycles. The van der Waals surface area contributed by atoms with Gasteiger partial charge in [-0.05, 0) is 6.42 Å². The highest BCUT2D eigenvalue weighted by atomic mass is 16.5. The number of nitrogens with zero attached hydrogens (tertiary/aromatic N) is 2. The zero-order valence-electron chi connectivity index (χ0n) is 10.3. The number of anilines is 1. The Morgan fingerprint density at radius 2 is 2.24 bits per heavy atom. The molecule has 2 N–H and O–H groups in total. The topological polar surface area (TPSA) is 76.5 Å². The van der Waals surface area contributed by atoms with Gasteiger partial charge in [0.15, 0.2) is 5.82 Å². The molecule has 1 heterocycles. The van der Waals surface area contributed by atoms with Crippen LogP contribution in [0.5, 0.6) is 5.88 Å². The fraction of sp³-hybridized carbons (Fsp3) is 0.636. The third-order valence-electron chi connectivity index (χ3n) is 1.92. The summed E-state index contributed by atoms with van der Waals surface area (Å²) in [6.07, 6.45) is 1.01. The molecule has 17 heavy (non-hydrogen) atoms. The van der Waals surface area contributed by atoms with Crippen molar-refractivity contribution in [2.45, 2.75) is 20.0 Å². The molecule has 96 valence electrons. The molecule has 0 fully saturated rings. The molecule has 0 aromatic carbocycles. The summed E-state index contributed by atoms with van der Waals surface area (Å²) in [5.74, 6) is 1.71. The normalized spacial score (nSPS) is 10.3. The molecule has 0 saturated heterocycles. The summed E-state index contributed by atoms with van der Waals surface area (Å²) in [5, 5.41) is 11.9. The van der Waals surface area contributed by atoms with Crippen molar-refractivity contribution in [3.63, 3.8) is 0 Å². The molecule has 1 rings (SSSR count). The largest absolute Gasteiger partial charge is 0.475 e. The molecular weight excluding hydrogens is 222 g/mol. The van der Waals surface area contributed by atoms with E-state index < -0.39 is 0 Å². The molecular formula is C11H19N3O3. The van der Waals surface area contributed by atoms with Crippen LogP contribution in [0.15, 0.2) is 6.07 Å². The molecule has 1 aromatic heterocycles. The third-order valence-corrected chi connectivity index (χ3v) is 1.92. The average Bonchev–Trinajstić information content (AvgIpc) is 2.34. The Morgan fingerprint density at radius 1 is 1.41 bits per heavy atom. The van der Waals surface area contributed by atoms with Gasteiger partial charge in [-0.1, -0.05) is 6.92 Å². The predicted octanol–water partition coefficient (Wildman–Crippen LogP) is 0.816. The molecule has 6 heteroatoms. The molecule has 0 saturated carbocycles. The number of rotatable bonds is 8. The fourth-order valence-corrected chi connectivity index (χ4v) is 1.23. The summed E-state index contributed by atoms with van der Waals surface area (Å²) in [5.41, 5.74) is 0. The summed E-state index contributed by atoms with van der Waals surface area (Å²) in [6.45, 7) is 3.42. The van der Waals surface area contributed by atoms with Crippen LogP contribution in [0.2, 0.25) is 0 Å². The van der Waals surface area contributed by atoms with Gasteiger partial charge in [-0.3, -0.25) is 0 Å². The highest BCUT2D eigenvalue weighted by Crippen LogP contribution is 2.14. The lowest BCUT2D eigenvalue weighted by molar-refractivity contribution is 0.173. The van der Waals surface area contributed by atoms with Crippen molar-refractivity contribution in [1.29, 1.82) is 0 Å². The van der Waals surface area contributed by atoms with Crippen LogP contribution >= 0.6 is 0 Å². The van der Waals surface area contributed by atoms with E-state index in [-0.39, 0.29) is 13.2 Å². The molecule has 0 radical (unpaired) electrons. The number of methoxy groups -OCH3 is 1. The van der Waals surface area contributed by atoms with Crippen LogP contribution in [0.25, 0.3) is 0 Å². The van der Waals surface area contributed by atoms with Gasteiger partial charge in [-0.25, -0.2) is 4.98 Å². The molecule has 0 amide bonds. The summed E-state index contributed by atoms with van der Waals surface area (Å²) in [4.78, 5) is 8.44. The molecule has 0 unspecified atom stereocenters. The van der Waals surface area contributed by atoms with Crippen molar-refractivity contribution in [3.8, 4) is 5.88 Å². The highest BCUT2D eigenvalue weighted by Gasteiger charge is 2.05. The number of hydrogen-bond acceptors (Lipinski definition) is 6. The zero-order valence-corrected chi connectivity index (χ0v) is 10.3. The molecule has 1 aromatic rings. The minimum atomic E-state index is -0.0403. The molecule has 0 aliphatic rings. The lowest BCUT2D eigenvalue weighted by Crippen LogP contribution is -2.09. The number of aliphatic hydroxyl groups is 1. The standard InChI is InChI=1S/C11H19N3O3/c1-3-4-12-9-7-11(17-6-5-15)14-10(13-9)8-16-2/h7,15H,3-6,8H2,1-2H3,(H,12,13,14). The molecule has 0 atom stereocenters. The first-order chi connectivity index (χ1) is 8.30. The van der Waals surface area contributed by atoms with Crippen LogP contribution < -0.4 is 10.1 Å². The van der Waals surface area contributed by atoms with Crippen molar-refractivity contribution in [2.75, 3.05) is 32.2 Å². The van der Waals surface area contributed by atoms with E-state index in [2.05, 4.69) is 22.2 Å². The van der Waals surface area contributed by atoms with Gasteiger partial charge in [0, 0.05) is 19.7 Å². The van der Waals surface area contributed by atoms with Crippen molar-refractivity contribution in [3.05, 3.63) is 11.9 Å². The van der Waals surface area contributed by atoms with Gasteiger partial charge >= 0.3 is 0 Å². The van der Waals surface area contributed by atoms with Gasteiger partial charge in [-0.2, -0.15) is 4.98 Å². The smallest absolute Gasteiger partial charge is 0.218 e. The van der Waals surface area contributed by atoms with Crippen LogP contribution in [0.3, 0.4) is 0 Å². The monoisotopic (exact) mass is 241 g/mol. The summed E-state index contributed by atoms with van der Waals surface area (Å²) >= 11 is 0. The van der Waals surface area contributed by atoms with E-state index in [1.807, 2.05) is 0 Å². The van der Waals surface area contributed by atoms with Gasteiger partial charge < -0.3 is 19.9 Å². The first-order valence-corrected chi connectivity index (χ1v) is 5.64. The first kappa shape index (κ1) is 13.7. The Kier molecular flexibility index (Phi) is 6.27. The Balaban J connectivity index is 2.76.